The van der Waals surface area contributed by atoms with Gasteiger partial charge in [0.25, 0.3) is 0 Å². The summed E-state index contributed by atoms with van der Waals surface area (Å²) in [5.41, 5.74) is 1.35. The van der Waals surface area contributed by atoms with Crippen LogP contribution in [-0.4, -0.2) is 0 Å². The van der Waals surface area contributed by atoms with Crippen LogP contribution in [-0.2, 0) is 19.1 Å². The Morgan fingerprint density at radius 1 is 0.684 bits per heavy atom. The van der Waals surface area contributed by atoms with Crippen molar-refractivity contribution in [3.8, 4) is 22.6 Å². The molecule has 0 aliphatic heterocycles. The largest absolute Gasteiger partial charge is 0.486 e. The lowest BCUT2D eigenvalue weighted by Gasteiger charge is -2.19. The van der Waals surface area contributed by atoms with Gasteiger partial charge in [-0.1, -0.05) is 49.7 Å². The van der Waals surface area contributed by atoms with Gasteiger partial charge in [0.1, 0.15) is 12.4 Å². The molecule has 4 aromatic rings. The minimum absolute atomic E-state index is 0.0744. The average Bonchev–Trinajstić information content (AvgIpc) is 2.89. The minimum atomic E-state index is -4.00. The third kappa shape index (κ3) is 5.93. The van der Waals surface area contributed by atoms with Gasteiger partial charge in [0.15, 0.2) is 29.0 Å². The number of ether oxygens (including phenoxy) is 2. The van der Waals surface area contributed by atoms with Crippen molar-refractivity contribution >= 4 is 0 Å². The zero-order valence-corrected chi connectivity index (χ0v) is 20.0. The van der Waals surface area contributed by atoms with E-state index in [1.54, 1.807) is 12.1 Å². The SMILES string of the molecule is CCCc1ccc(-c2ccc(OCc3ccc(C(F)(F)Oc4cc(F)c(F)c(F)c4)cc3)c(F)c2F)cc1. The maximum atomic E-state index is 14.7. The Bertz CT molecular complexity index is 1400. The van der Waals surface area contributed by atoms with Crippen LogP contribution in [0.3, 0.4) is 0 Å². The van der Waals surface area contributed by atoms with Crippen LogP contribution >= 0.6 is 0 Å². The lowest BCUT2D eigenvalue weighted by Crippen LogP contribution is -2.22. The van der Waals surface area contributed by atoms with Crippen LogP contribution in [0, 0.1) is 29.1 Å². The molecule has 0 aliphatic rings. The van der Waals surface area contributed by atoms with E-state index >= 15 is 0 Å². The third-order valence-electron chi connectivity index (χ3n) is 5.74. The summed E-state index contributed by atoms with van der Waals surface area (Å²) in [7, 11) is 0. The Hall–Kier alpha value is -4.01. The van der Waals surface area contributed by atoms with Crippen LogP contribution in [0.15, 0.2) is 72.8 Å². The molecule has 9 heteroatoms. The summed E-state index contributed by atoms with van der Waals surface area (Å²) in [6.45, 7) is 1.78. The Morgan fingerprint density at radius 2 is 1.29 bits per heavy atom. The first-order chi connectivity index (χ1) is 18.1. The van der Waals surface area contributed by atoms with E-state index in [1.165, 1.54) is 24.3 Å². The summed E-state index contributed by atoms with van der Waals surface area (Å²) in [5.74, 6) is -8.68. The first-order valence-electron chi connectivity index (χ1n) is 11.6. The van der Waals surface area contributed by atoms with Gasteiger partial charge in [0.2, 0.25) is 5.82 Å². The highest BCUT2D eigenvalue weighted by Gasteiger charge is 2.35. The van der Waals surface area contributed by atoms with Crippen LogP contribution in [0.1, 0.15) is 30.0 Å². The highest BCUT2D eigenvalue weighted by molar-refractivity contribution is 5.65. The molecule has 2 nitrogen and oxygen atoms in total. The minimum Gasteiger partial charge on any atom is -0.486 e. The van der Waals surface area contributed by atoms with Crippen molar-refractivity contribution in [1.82, 2.24) is 0 Å². The molecular formula is C29H21F7O2. The predicted molar refractivity (Wildman–Crippen MR) is 127 cm³/mol. The lowest BCUT2D eigenvalue weighted by atomic mass is 10.0. The van der Waals surface area contributed by atoms with Crippen molar-refractivity contribution in [3.63, 3.8) is 0 Å². The van der Waals surface area contributed by atoms with Crippen molar-refractivity contribution < 1.29 is 40.2 Å². The Morgan fingerprint density at radius 3 is 1.89 bits per heavy atom. The fraction of sp³-hybridized carbons (Fsp3) is 0.172. The molecule has 0 saturated heterocycles. The molecule has 0 N–H and O–H groups in total. The fourth-order valence-corrected chi connectivity index (χ4v) is 3.76. The van der Waals surface area contributed by atoms with Gasteiger partial charge < -0.3 is 9.47 Å². The molecule has 0 radical (unpaired) electrons. The monoisotopic (exact) mass is 534 g/mol. The molecule has 0 unspecified atom stereocenters. The van der Waals surface area contributed by atoms with Crippen LogP contribution in [0.2, 0.25) is 0 Å². The van der Waals surface area contributed by atoms with E-state index in [4.69, 9.17) is 4.74 Å². The molecular weight excluding hydrogens is 513 g/mol. The Balaban J connectivity index is 1.43. The second-order valence-electron chi connectivity index (χ2n) is 8.49. The summed E-state index contributed by atoms with van der Waals surface area (Å²) >= 11 is 0. The maximum absolute atomic E-state index is 14.7. The topological polar surface area (TPSA) is 18.5 Å². The summed E-state index contributed by atoms with van der Waals surface area (Å²) in [6, 6.07) is 14.8. The lowest BCUT2D eigenvalue weighted by molar-refractivity contribution is -0.185. The van der Waals surface area contributed by atoms with Gasteiger partial charge in [-0.05, 0) is 47.4 Å². The molecule has 198 valence electrons. The van der Waals surface area contributed by atoms with Crippen LogP contribution in [0.4, 0.5) is 30.7 Å². The molecule has 0 amide bonds. The first kappa shape index (κ1) is 27.0. The Labute approximate surface area is 214 Å². The summed E-state index contributed by atoms with van der Waals surface area (Å²) in [4.78, 5) is 0. The fourth-order valence-electron chi connectivity index (χ4n) is 3.76. The number of rotatable bonds is 9. The molecule has 0 fully saturated rings. The van der Waals surface area contributed by atoms with Crippen molar-refractivity contribution in [2.24, 2.45) is 0 Å². The standard InChI is InChI=1S/C29H21F7O2/c1-2-3-17-4-8-19(9-5-17)22-12-13-25(28(34)26(22)32)37-16-18-6-10-20(11-7-18)29(35,36)38-21-14-23(30)27(33)24(31)15-21/h4-15H,2-3,16H2,1H3. The average molecular weight is 534 g/mol. The summed E-state index contributed by atoms with van der Waals surface area (Å²) in [5, 5.41) is 0. The number of alkyl halides is 2. The van der Waals surface area contributed by atoms with Crippen LogP contribution < -0.4 is 9.47 Å². The van der Waals surface area contributed by atoms with Crippen molar-refractivity contribution in [2.75, 3.05) is 0 Å². The van der Waals surface area contributed by atoms with E-state index in [0.717, 1.165) is 30.5 Å². The summed E-state index contributed by atoms with van der Waals surface area (Å²) < 4.78 is 108. The van der Waals surface area contributed by atoms with E-state index in [-0.39, 0.29) is 17.9 Å². The third-order valence-corrected chi connectivity index (χ3v) is 5.74. The molecule has 0 aromatic heterocycles. The van der Waals surface area contributed by atoms with E-state index in [2.05, 4.69) is 4.74 Å². The van der Waals surface area contributed by atoms with Gasteiger partial charge >= 0.3 is 6.11 Å². The molecule has 0 atom stereocenters. The van der Waals surface area contributed by atoms with Gasteiger partial charge in [0.05, 0.1) is 5.56 Å². The van der Waals surface area contributed by atoms with E-state index in [1.807, 2.05) is 19.1 Å². The van der Waals surface area contributed by atoms with Crippen LogP contribution in [0.25, 0.3) is 11.1 Å². The molecule has 0 spiro atoms. The number of halogens is 7. The number of aryl methyl sites for hydroxylation is 1. The number of benzene rings is 4. The quantitative estimate of drug-likeness (QED) is 0.158. The van der Waals surface area contributed by atoms with Crippen molar-refractivity contribution in [3.05, 3.63) is 119 Å². The zero-order chi connectivity index (χ0) is 27.4. The van der Waals surface area contributed by atoms with Gasteiger partial charge in [-0.25, -0.2) is 17.6 Å². The van der Waals surface area contributed by atoms with E-state index in [0.29, 0.717) is 23.3 Å². The molecule has 0 saturated carbocycles. The molecule has 0 aliphatic carbocycles. The highest BCUT2D eigenvalue weighted by Crippen LogP contribution is 2.34. The highest BCUT2D eigenvalue weighted by atomic mass is 19.3. The van der Waals surface area contributed by atoms with Crippen LogP contribution in [0.5, 0.6) is 11.5 Å². The normalized spacial score (nSPS) is 11.5. The smallest absolute Gasteiger partial charge is 0.426 e. The van der Waals surface area contributed by atoms with Crippen molar-refractivity contribution in [2.45, 2.75) is 32.5 Å². The number of hydrogen-bond acceptors (Lipinski definition) is 2. The second-order valence-corrected chi connectivity index (χ2v) is 8.49. The van der Waals surface area contributed by atoms with Gasteiger partial charge in [0, 0.05) is 17.7 Å². The van der Waals surface area contributed by atoms with Gasteiger partial charge in [-0.2, -0.15) is 13.2 Å². The molecule has 0 bridgehead atoms. The molecule has 4 rings (SSSR count). The van der Waals surface area contributed by atoms with E-state index < -0.39 is 46.5 Å². The second kappa shape index (κ2) is 11.2. The van der Waals surface area contributed by atoms with Crippen molar-refractivity contribution in [1.29, 1.82) is 0 Å². The Kier molecular flexibility index (Phi) is 7.94. The molecule has 38 heavy (non-hydrogen) atoms. The summed E-state index contributed by atoms with van der Waals surface area (Å²) in [6.07, 6.45) is -2.16. The van der Waals surface area contributed by atoms with Gasteiger partial charge in [-0.15, -0.1) is 0 Å². The molecule has 4 aromatic carbocycles. The predicted octanol–water partition coefficient (Wildman–Crippen LogP) is 8.71. The first-order valence-corrected chi connectivity index (χ1v) is 11.6. The zero-order valence-electron chi connectivity index (χ0n) is 20.0. The van der Waals surface area contributed by atoms with E-state index in [9.17, 15) is 30.7 Å². The molecule has 0 heterocycles. The number of hydrogen-bond donors (Lipinski definition) is 0. The maximum Gasteiger partial charge on any atom is 0.426 e. The van der Waals surface area contributed by atoms with Gasteiger partial charge in [-0.3, -0.25) is 0 Å².